The zero-order valence-corrected chi connectivity index (χ0v) is 7.49. The van der Waals surface area contributed by atoms with E-state index in [0.29, 0.717) is 0 Å². The Kier molecular flexibility index (Phi) is 12.6. The van der Waals surface area contributed by atoms with Gasteiger partial charge in [0, 0.05) is 0 Å². The third-order valence-corrected chi connectivity index (χ3v) is 0. The largest absolute Gasteiger partial charge is 2.00 e. The molecule has 0 bridgehead atoms. The molecular weight excluding hydrogens is 195 g/mol. The van der Waals surface area contributed by atoms with E-state index in [1.54, 1.807) is 0 Å². The summed E-state index contributed by atoms with van der Waals surface area (Å²) in [5.41, 5.74) is 0. The maximum absolute atomic E-state index is 8.94. The van der Waals surface area contributed by atoms with Crippen molar-refractivity contribution in [2.24, 2.45) is 0 Å². The van der Waals surface area contributed by atoms with Crippen molar-refractivity contribution in [3.63, 3.8) is 0 Å². The van der Waals surface area contributed by atoms with E-state index in [0.717, 1.165) is 0 Å². The van der Waals surface area contributed by atoms with Gasteiger partial charge in [0.15, 0.2) is 0 Å². The summed E-state index contributed by atoms with van der Waals surface area (Å²) < 4.78 is 30.7. The zero-order valence-electron chi connectivity index (χ0n) is 5.40. The molecule has 0 atom stereocenters. The monoisotopic (exact) mass is 202 g/mol. The molecule has 7 heavy (non-hydrogen) atoms. The van der Waals surface area contributed by atoms with Crippen LogP contribution in [-0.2, 0) is 3.74 Å². The summed E-state index contributed by atoms with van der Waals surface area (Å²) in [7, 11) is 0. The summed E-state index contributed by atoms with van der Waals surface area (Å²) in [6.45, 7) is 0. The van der Waals surface area contributed by atoms with Crippen molar-refractivity contribution in [3.8, 4) is 0 Å². The van der Waals surface area contributed by atoms with E-state index in [-0.39, 0.29) is 46.1 Å². The molecule has 0 saturated carbocycles. The molecule has 0 unspecified atom stereocenters. The van der Waals surface area contributed by atoms with Crippen LogP contribution in [0.3, 0.4) is 0 Å². The van der Waals surface area contributed by atoms with E-state index in [9.17, 15) is 0 Å². The van der Waals surface area contributed by atoms with Crippen LogP contribution in [0.2, 0.25) is 0 Å². The average Bonchev–Trinajstić information content (AvgIpc) is 0.722. The molecule has 7 heteroatoms. The fourth-order valence-electron chi connectivity index (χ4n) is 0. The first kappa shape index (κ1) is 15.8. The zero-order chi connectivity index (χ0) is 4.50. The number of hydrogen-bond acceptors (Lipinski definition) is 1. The third kappa shape index (κ3) is 104. The first-order chi connectivity index (χ1) is 2.00. The fourth-order valence-corrected chi connectivity index (χ4v) is 0. The van der Waals surface area contributed by atoms with E-state index in [4.69, 9.17) is 16.0 Å². The molecule has 0 aliphatic heterocycles. The van der Waals surface area contributed by atoms with Gasteiger partial charge in [-0.25, -0.2) is 0 Å². The maximum atomic E-state index is 8.94. The Bertz CT molecular complexity index is 61.1. The average molecular weight is 202 g/mol. The molecule has 0 aliphatic carbocycles. The van der Waals surface area contributed by atoms with Crippen LogP contribution in [0.4, 0.5) is 0 Å². The minimum absolute atomic E-state index is 0. The first-order valence-corrected chi connectivity index (χ1v) is 4.07. The SMILES string of the molecule is O.O=[As](O)(O)O.[Ca+2].[H-].[H-]. The van der Waals surface area contributed by atoms with Crippen molar-refractivity contribution in [2.75, 3.05) is 0 Å². The Morgan fingerprint density at radius 1 is 1.29 bits per heavy atom. The van der Waals surface area contributed by atoms with Gasteiger partial charge < -0.3 is 8.33 Å². The molecule has 0 aromatic heterocycles. The molecule has 0 amide bonds. The molecule has 44 valence electrons. The summed E-state index contributed by atoms with van der Waals surface area (Å²) >= 11 is -5.12. The number of hydrogen-bond donors (Lipinski definition) is 3. The minimum Gasteiger partial charge on any atom is -1.00 e. The molecule has 0 rings (SSSR count). The molecule has 0 aromatic carbocycles. The summed E-state index contributed by atoms with van der Waals surface area (Å²) in [5.74, 6) is 0. The second-order valence-electron chi connectivity index (χ2n) is 0.513. The molecule has 0 saturated heterocycles. The topological polar surface area (TPSA) is 109 Å². The Morgan fingerprint density at radius 2 is 1.29 bits per heavy atom. The molecule has 5 nitrogen and oxygen atoms in total. The van der Waals surface area contributed by atoms with Gasteiger partial charge in [-0.3, -0.25) is 0 Å². The Labute approximate surface area is 76.0 Å². The Balaban J connectivity index is -0.0000000133. The van der Waals surface area contributed by atoms with Gasteiger partial charge in [-0.2, -0.15) is 0 Å². The molecule has 0 aliphatic rings. The van der Waals surface area contributed by atoms with Crippen molar-refractivity contribution in [3.05, 3.63) is 0 Å². The van der Waals surface area contributed by atoms with Crippen molar-refractivity contribution >= 4 is 52.3 Å². The molecule has 0 aromatic rings. The van der Waals surface area contributed by atoms with Gasteiger partial charge >= 0.3 is 68.3 Å². The van der Waals surface area contributed by atoms with Crippen LogP contribution in [0.15, 0.2) is 0 Å². The first-order valence-electron chi connectivity index (χ1n) is 0.783. The molecule has 0 fully saturated rings. The Morgan fingerprint density at radius 3 is 1.29 bits per heavy atom. The van der Waals surface area contributed by atoms with Gasteiger partial charge in [0.05, 0.1) is 0 Å². The van der Waals surface area contributed by atoms with Gasteiger partial charge in [0.1, 0.15) is 0 Å². The summed E-state index contributed by atoms with van der Waals surface area (Å²) in [6.07, 6.45) is 0. The van der Waals surface area contributed by atoms with Gasteiger partial charge in [-0.15, -0.1) is 0 Å². The third-order valence-electron chi connectivity index (χ3n) is 0. The Hall–Kier alpha value is 1.46. The predicted octanol–water partition coefficient (Wildman–Crippen LogP) is -3.15. The van der Waals surface area contributed by atoms with E-state index < -0.39 is 14.5 Å². The second kappa shape index (κ2) is 5.59. The predicted molar refractivity (Wildman–Crippen MR) is 24.7 cm³/mol. The quantitative estimate of drug-likeness (QED) is 0.360. The van der Waals surface area contributed by atoms with Gasteiger partial charge in [-0.1, -0.05) is 0 Å². The summed E-state index contributed by atoms with van der Waals surface area (Å²) in [4.78, 5) is 0. The van der Waals surface area contributed by atoms with Crippen molar-refractivity contribution in [1.82, 2.24) is 0 Å². The molecule has 0 radical (unpaired) electrons. The van der Waals surface area contributed by atoms with Crippen LogP contribution in [0.5, 0.6) is 0 Å². The minimum atomic E-state index is -5.12. The maximum Gasteiger partial charge on any atom is 2.00 e. The molecule has 0 heterocycles. The van der Waals surface area contributed by atoms with Gasteiger partial charge in [-0.05, 0) is 0 Å². The van der Waals surface area contributed by atoms with Crippen LogP contribution in [-0.4, -0.2) is 70.0 Å². The van der Waals surface area contributed by atoms with Crippen molar-refractivity contribution in [1.29, 1.82) is 0 Å². The standard InChI is InChI=1S/AsH3O4.Ca.H2O.2H/c2-1(3,4)5;;;;/h(H3,2,3,4,5);;1H2;;/q;+2;;2*-1. The summed E-state index contributed by atoms with van der Waals surface area (Å²) in [6, 6.07) is 0. The van der Waals surface area contributed by atoms with E-state index in [2.05, 4.69) is 0 Å². The normalized spacial score (nSPS) is 8.43. The van der Waals surface area contributed by atoms with Crippen LogP contribution in [0, 0.1) is 0 Å². The summed E-state index contributed by atoms with van der Waals surface area (Å²) in [5, 5.41) is 0. The molecular formula is H7AsCaO5. The molecule has 5 N–H and O–H groups in total. The number of rotatable bonds is 0. The van der Waals surface area contributed by atoms with Crippen LogP contribution >= 0.6 is 0 Å². The van der Waals surface area contributed by atoms with Crippen LogP contribution < -0.4 is 0 Å². The van der Waals surface area contributed by atoms with Gasteiger partial charge in [0.25, 0.3) is 0 Å². The van der Waals surface area contributed by atoms with Crippen LogP contribution in [0.1, 0.15) is 2.85 Å². The fraction of sp³-hybridized carbons (Fsp3) is 0. The van der Waals surface area contributed by atoms with Gasteiger partial charge in [0.2, 0.25) is 0 Å². The second-order valence-corrected chi connectivity index (χ2v) is 2.67. The van der Waals surface area contributed by atoms with E-state index in [1.807, 2.05) is 0 Å². The van der Waals surface area contributed by atoms with Crippen molar-refractivity contribution in [2.45, 2.75) is 0 Å². The van der Waals surface area contributed by atoms with E-state index in [1.165, 1.54) is 0 Å². The molecule has 0 spiro atoms. The van der Waals surface area contributed by atoms with E-state index >= 15 is 0 Å². The van der Waals surface area contributed by atoms with Crippen LogP contribution in [0.25, 0.3) is 0 Å². The van der Waals surface area contributed by atoms with Crippen molar-refractivity contribution < 1.29 is 24.4 Å². The smallest absolute Gasteiger partial charge is 1.00 e.